The van der Waals surface area contributed by atoms with Crippen molar-refractivity contribution in [3.8, 4) is 17.3 Å². The molecule has 0 spiro atoms. The predicted molar refractivity (Wildman–Crippen MR) is 160 cm³/mol. The Morgan fingerprint density at radius 3 is 2.67 bits per heavy atom. The Labute approximate surface area is 262 Å². The second kappa shape index (κ2) is 12.9. The summed E-state index contributed by atoms with van der Waals surface area (Å²) in [7, 11) is 3.09. The largest absolute Gasteiger partial charge is 0.496 e. The van der Waals surface area contributed by atoms with Gasteiger partial charge in [-0.25, -0.2) is 19.3 Å². The van der Waals surface area contributed by atoms with Gasteiger partial charge < -0.3 is 30.1 Å². The molecule has 3 N–H and O–H groups in total. The lowest BCUT2D eigenvalue weighted by Crippen LogP contribution is -2.55. The van der Waals surface area contributed by atoms with E-state index in [4.69, 9.17) is 9.47 Å². The number of aromatic nitrogens is 3. The van der Waals surface area contributed by atoms with E-state index < -0.39 is 41.4 Å². The molecule has 246 valence electrons. The third kappa shape index (κ3) is 6.72. The molecule has 3 atom stereocenters. The first kappa shape index (κ1) is 32.6. The van der Waals surface area contributed by atoms with Gasteiger partial charge in [0, 0.05) is 49.1 Å². The van der Waals surface area contributed by atoms with E-state index in [9.17, 15) is 32.7 Å². The fourth-order valence-corrected chi connectivity index (χ4v) is 5.49. The van der Waals surface area contributed by atoms with Crippen LogP contribution in [0.4, 0.5) is 18.0 Å². The number of hydrogen-bond acceptors (Lipinski definition) is 7. The third-order valence-corrected chi connectivity index (χ3v) is 8.32. The monoisotopic (exact) mass is 644 g/mol. The standard InChI is InChI=1S/C31H35F3N6O6/c1-18-22(45-3)10-9-20-23(16-25(36-26(18)20)40-14-11-24(38-40)31(32,33)34)46-15-12-21-27(41)37-30(28(42)43)17-19(30)8-6-4-5-7-13-39(2)29(44)35-21/h6,8-11,14,16,19,21H,4-5,7,12-13,15,17H2,1-3H3,(H,35,44)(H,37,41)(H,42,43). The molecule has 0 radical (unpaired) electrons. The number of rotatable bonds is 7. The fourth-order valence-electron chi connectivity index (χ4n) is 5.49. The molecule has 1 fully saturated rings. The molecule has 1 aliphatic heterocycles. The molecule has 1 aromatic carbocycles. The molecule has 0 bridgehead atoms. The van der Waals surface area contributed by atoms with E-state index in [0.29, 0.717) is 28.8 Å². The Balaban J connectivity index is 1.42. The minimum atomic E-state index is -4.65. The normalized spacial score (nSPS) is 22.4. The molecule has 2 aromatic heterocycles. The maximum absolute atomic E-state index is 13.5. The molecular weight excluding hydrogens is 609 g/mol. The highest BCUT2D eigenvalue weighted by Crippen LogP contribution is 2.45. The Kier molecular flexibility index (Phi) is 9.13. The molecule has 3 amide bonds. The van der Waals surface area contributed by atoms with E-state index in [2.05, 4.69) is 20.7 Å². The van der Waals surface area contributed by atoms with Crippen LogP contribution in [0.3, 0.4) is 0 Å². The number of nitrogens with zero attached hydrogens (tertiary/aromatic N) is 4. The molecule has 0 saturated heterocycles. The van der Waals surface area contributed by atoms with E-state index >= 15 is 0 Å². The van der Waals surface area contributed by atoms with Gasteiger partial charge in [-0.2, -0.15) is 18.3 Å². The Hall–Kier alpha value is -4.82. The summed E-state index contributed by atoms with van der Waals surface area (Å²) >= 11 is 0. The molecule has 15 heteroatoms. The number of urea groups is 1. The zero-order valence-corrected chi connectivity index (χ0v) is 25.6. The molecule has 46 heavy (non-hydrogen) atoms. The molecule has 3 heterocycles. The number of carbonyl (C=O) groups is 3. The van der Waals surface area contributed by atoms with Crippen molar-refractivity contribution in [2.24, 2.45) is 5.92 Å². The second-order valence-corrected chi connectivity index (χ2v) is 11.5. The van der Waals surface area contributed by atoms with Crippen molar-refractivity contribution < 1.29 is 42.1 Å². The first-order chi connectivity index (χ1) is 21.8. The van der Waals surface area contributed by atoms with Crippen molar-refractivity contribution in [1.82, 2.24) is 30.3 Å². The molecule has 1 aliphatic carbocycles. The SMILES string of the molecule is COc1ccc2c(OCCC3NC(=O)N(C)CCCCC=CC4CC4(C(=O)O)NC3=O)cc(-n3ccc(C(F)(F)F)n3)nc2c1C. The summed E-state index contributed by atoms with van der Waals surface area (Å²) in [6.07, 6.45) is 2.69. The van der Waals surface area contributed by atoms with Crippen LogP contribution in [-0.2, 0) is 15.8 Å². The summed E-state index contributed by atoms with van der Waals surface area (Å²) in [5.74, 6) is -1.39. The lowest BCUT2D eigenvalue weighted by molar-refractivity contribution is -0.143. The smallest absolute Gasteiger partial charge is 0.435 e. The number of alkyl halides is 3. The highest BCUT2D eigenvalue weighted by Gasteiger charge is 2.60. The number of allylic oxidation sites excluding steroid dienone is 1. The number of hydrogen-bond donors (Lipinski definition) is 3. The zero-order valence-electron chi connectivity index (χ0n) is 25.6. The number of pyridine rings is 1. The average molecular weight is 645 g/mol. The Morgan fingerprint density at radius 1 is 1.20 bits per heavy atom. The van der Waals surface area contributed by atoms with Gasteiger partial charge in [-0.3, -0.25) is 4.79 Å². The molecule has 3 unspecified atom stereocenters. The van der Waals surface area contributed by atoms with Gasteiger partial charge in [0.1, 0.15) is 23.1 Å². The number of ether oxygens (including phenoxy) is 2. The van der Waals surface area contributed by atoms with Gasteiger partial charge in [0.2, 0.25) is 5.91 Å². The lowest BCUT2D eigenvalue weighted by atomic mass is 10.1. The van der Waals surface area contributed by atoms with Gasteiger partial charge in [0.15, 0.2) is 11.5 Å². The maximum Gasteiger partial charge on any atom is 0.435 e. The minimum Gasteiger partial charge on any atom is -0.496 e. The van der Waals surface area contributed by atoms with Gasteiger partial charge in [-0.05, 0) is 50.8 Å². The van der Waals surface area contributed by atoms with E-state index in [1.165, 1.54) is 18.1 Å². The Morgan fingerprint density at radius 2 is 1.98 bits per heavy atom. The van der Waals surface area contributed by atoms with E-state index in [-0.39, 0.29) is 36.9 Å². The number of carboxylic acids is 1. The highest BCUT2D eigenvalue weighted by atomic mass is 19.4. The number of methoxy groups -OCH3 is 1. The molecule has 2 aliphatic rings. The van der Waals surface area contributed by atoms with Crippen LogP contribution >= 0.6 is 0 Å². The summed E-state index contributed by atoms with van der Waals surface area (Å²) in [5, 5.41) is 19.4. The van der Waals surface area contributed by atoms with Gasteiger partial charge in [0.25, 0.3) is 0 Å². The second-order valence-electron chi connectivity index (χ2n) is 11.5. The molecule has 12 nitrogen and oxygen atoms in total. The number of carbonyl (C=O) groups excluding carboxylic acids is 2. The number of aryl methyl sites for hydroxylation is 1. The fraction of sp³-hybridized carbons (Fsp3) is 0.452. The van der Waals surface area contributed by atoms with Gasteiger partial charge >= 0.3 is 18.2 Å². The number of amides is 3. The summed E-state index contributed by atoms with van der Waals surface area (Å²) in [4.78, 5) is 44.6. The van der Waals surface area contributed by atoms with Gasteiger partial charge in [0.05, 0.1) is 19.2 Å². The number of benzene rings is 1. The molecule has 1 saturated carbocycles. The number of aliphatic carboxylic acids is 1. The zero-order chi connectivity index (χ0) is 33.2. The average Bonchev–Trinajstić information content (AvgIpc) is 3.45. The summed E-state index contributed by atoms with van der Waals surface area (Å²) < 4.78 is 52.3. The topological polar surface area (TPSA) is 148 Å². The van der Waals surface area contributed by atoms with E-state index in [1.807, 2.05) is 12.2 Å². The van der Waals surface area contributed by atoms with Gasteiger partial charge in [-0.15, -0.1) is 0 Å². The maximum atomic E-state index is 13.5. The van der Waals surface area contributed by atoms with Crippen molar-refractivity contribution in [2.45, 2.75) is 56.8 Å². The predicted octanol–water partition coefficient (Wildman–Crippen LogP) is 4.23. The highest BCUT2D eigenvalue weighted by molar-refractivity contribution is 5.94. The van der Waals surface area contributed by atoms with E-state index in [1.54, 1.807) is 26.1 Å². The number of carboxylic acid groups (broad SMARTS) is 1. The molecule has 3 aromatic rings. The van der Waals surface area contributed by atoms with Crippen molar-refractivity contribution in [3.63, 3.8) is 0 Å². The summed E-state index contributed by atoms with van der Waals surface area (Å²) in [6, 6.07) is 4.02. The summed E-state index contributed by atoms with van der Waals surface area (Å²) in [5.41, 5.74) is -1.54. The van der Waals surface area contributed by atoms with Crippen molar-refractivity contribution in [2.75, 3.05) is 27.3 Å². The van der Waals surface area contributed by atoms with Crippen LogP contribution in [0.5, 0.6) is 11.5 Å². The van der Waals surface area contributed by atoms with Crippen molar-refractivity contribution in [1.29, 1.82) is 0 Å². The van der Waals surface area contributed by atoms with Crippen molar-refractivity contribution in [3.05, 3.63) is 53.9 Å². The minimum absolute atomic E-state index is 0.0457. The van der Waals surface area contributed by atoms with Crippen LogP contribution in [0.2, 0.25) is 0 Å². The van der Waals surface area contributed by atoms with Crippen LogP contribution in [-0.4, -0.2) is 81.6 Å². The van der Waals surface area contributed by atoms with Crippen LogP contribution < -0.4 is 20.1 Å². The first-order valence-electron chi connectivity index (χ1n) is 14.8. The number of halogens is 3. The molecular formula is C31H35F3N6O6. The molecule has 5 rings (SSSR count). The first-order valence-corrected chi connectivity index (χ1v) is 14.8. The van der Waals surface area contributed by atoms with Gasteiger partial charge in [-0.1, -0.05) is 12.2 Å². The third-order valence-electron chi connectivity index (χ3n) is 8.32. The Bertz CT molecular complexity index is 1670. The quantitative estimate of drug-likeness (QED) is 0.324. The van der Waals surface area contributed by atoms with Crippen LogP contribution in [0.15, 0.2) is 42.6 Å². The number of fused-ring (bicyclic) bond motifs is 2. The lowest BCUT2D eigenvalue weighted by Gasteiger charge is -2.25. The number of nitrogens with one attached hydrogen (secondary N) is 2. The van der Waals surface area contributed by atoms with Crippen LogP contribution in [0.25, 0.3) is 16.7 Å². The van der Waals surface area contributed by atoms with Crippen molar-refractivity contribution >= 4 is 28.8 Å². The van der Waals surface area contributed by atoms with Crippen LogP contribution in [0.1, 0.15) is 43.4 Å². The van der Waals surface area contributed by atoms with Crippen LogP contribution in [0, 0.1) is 12.8 Å². The summed E-state index contributed by atoms with van der Waals surface area (Å²) in [6.45, 7) is 2.09. The van der Waals surface area contributed by atoms with E-state index in [0.717, 1.165) is 36.2 Å².